The number of halogens is 3. The molecule has 2 aromatic rings. The van der Waals surface area contributed by atoms with E-state index in [1.807, 2.05) is 19.9 Å². The number of carbonyl (C=O) groups excluding carboxylic acids is 2. The van der Waals surface area contributed by atoms with Gasteiger partial charge in [0.2, 0.25) is 5.91 Å². The lowest BCUT2D eigenvalue weighted by Crippen LogP contribution is -2.44. The van der Waals surface area contributed by atoms with Gasteiger partial charge in [-0.1, -0.05) is 6.92 Å². The summed E-state index contributed by atoms with van der Waals surface area (Å²) in [5.74, 6) is 0.0580. The van der Waals surface area contributed by atoms with Gasteiger partial charge in [0.15, 0.2) is 0 Å². The number of anilines is 3. The Morgan fingerprint density at radius 3 is 2.54 bits per heavy atom. The van der Waals surface area contributed by atoms with Crippen LogP contribution in [0.1, 0.15) is 61.4 Å². The minimum atomic E-state index is -4.57. The molecule has 0 radical (unpaired) electrons. The van der Waals surface area contributed by atoms with Gasteiger partial charge in [-0.3, -0.25) is 9.79 Å². The van der Waals surface area contributed by atoms with Crippen molar-refractivity contribution in [3.05, 3.63) is 52.1 Å². The molecular formula is C26H31F3N6O2. The van der Waals surface area contributed by atoms with Crippen LogP contribution in [0.25, 0.3) is 0 Å². The van der Waals surface area contributed by atoms with Gasteiger partial charge in [-0.2, -0.15) is 13.2 Å². The second-order valence-corrected chi connectivity index (χ2v) is 9.31. The Bertz CT molecular complexity index is 1240. The first-order chi connectivity index (χ1) is 17.5. The van der Waals surface area contributed by atoms with Crippen LogP contribution in [0.5, 0.6) is 0 Å². The van der Waals surface area contributed by atoms with E-state index in [1.54, 1.807) is 0 Å². The molecule has 0 saturated heterocycles. The zero-order chi connectivity index (χ0) is 26.7. The molecule has 0 fully saturated rings. The number of fused-ring (bicyclic) bond motifs is 3. The van der Waals surface area contributed by atoms with Crippen molar-refractivity contribution in [2.24, 2.45) is 4.99 Å². The monoisotopic (exact) mass is 516 g/mol. The fraction of sp³-hybridized carbons (Fsp3) is 0.423. The van der Waals surface area contributed by atoms with E-state index in [4.69, 9.17) is 0 Å². The molecule has 0 aromatic heterocycles. The van der Waals surface area contributed by atoms with Gasteiger partial charge in [0.1, 0.15) is 5.84 Å². The maximum absolute atomic E-state index is 13.5. The fourth-order valence-electron chi connectivity index (χ4n) is 4.71. The average molecular weight is 517 g/mol. The van der Waals surface area contributed by atoms with Gasteiger partial charge in [0, 0.05) is 30.4 Å². The van der Waals surface area contributed by atoms with E-state index < -0.39 is 17.6 Å². The Morgan fingerprint density at radius 2 is 1.84 bits per heavy atom. The molecule has 1 unspecified atom stereocenters. The first-order valence-corrected chi connectivity index (χ1v) is 12.4. The summed E-state index contributed by atoms with van der Waals surface area (Å²) in [6.45, 7) is 5.67. The van der Waals surface area contributed by atoms with Gasteiger partial charge in [-0.25, -0.2) is 4.79 Å². The number of benzene rings is 2. The van der Waals surface area contributed by atoms with Crippen LogP contribution in [-0.2, 0) is 30.4 Å². The average Bonchev–Trinajstić information content (AvgIpc) is 3.31. The molecule has 1 heterocycles. The van der Waals surface area contributed by atoms with Crippen LogP contribution in [-0.4, -0.2) is 30.5 Å². The predicted molar refractivity (Wildman–Crippen MR) is 138 cm³/mol. The van der Waals surface area contributed by atoms with Crippen molar-refractivity contribution in [1.82, 2.24) is 10.6 Å². The number of urea groups is 1. The summed E-state index contributed by atoms with van der Waals surface area (Å²) in [6.07, 6.45) is -1.24. The van der Waals surface area contributed by atoms with E-state index in [9.17, 15) is 22.8 Å². The van der Waals surface area contributed by atoms with Gasteiger partial charge in [0.25, 0.3) is 0 Å². The van der Waals surface area contributed by atoms with Gasteiger partial charge in [-0.05, 0) is 73.6 Å². The summed E-state index contributed by atoms with van der Waals surface area (Å²) in [5.41, 5.74) is 4.10. The van der Waals surface area contributed by atoms with E-state index in [0.717, 1.165) is 60.2 Å². The van der Waals surface area contributed by atoms with Crippen molar-refractivity contribution >= 4 is 34.8 Å². The summed E-state index contributed by atoms with van der Waals surface area (Å²) in [5, 5.41) is 14.9. The van der Waals surface area contributed by atoms with E-state index in [1.165, 1.54) is 13.0 Å². The highest BCUT2D eigenvalue weighted by molar-refractivity contribution is 6.08. The third kappa shape index (κ3) is 6.15. The Balaban J connectivity index is 1.70. The van der Waals surface area contributed by atoms with Crippen molar-refractivity contribution in [2.45, 2.75) is 65.3 Å². The van der Waals surface area contributed by atoms with Crippen molar-refractivity contribution in [2.75, 3.05) is 22.5 Å². The van der Waals surface area contributed by atoms with Crippen LogP contribution in [0.4, 0.5) is 35.0 Å². The quantitative estimate of drug-likeness (QED) is 0.373. The smallest absolute Gasteiger partial charge is 0.365 e. The number of hydrogen-bond acceptors (Lipinski definition) is 4. The molecule has 11 heteroatoms. The van der Waals surface area contributed by atoms with Crippen LogP contribution in [0.3, 0.4) is 0 Å². The molecule has 4 rings (SSSR count). The number of amidine groups is 1. The Morgan fingerprint density at radius 1 is 1.08 bits per heavy atom. The fourth-order valence-corrected chi connectivity index (χ4v) is 4.71. The standard InChI is InChI=1S/C26H31F3N6O2/c1-4-8-30-25(37)35-22-12-21-23(20-7-5-6-19(20)22)32-14(2)33-24(21)31-13-16-9-17(26(27,28)29)11-18(10-16)34-15(3)36/h9-12,14,32H,4-8,13H2,1-3H3,(H,31,33)(H,34,36)(H2,30,35,37). The second-order valence-electron chi connectivity index (χ2n) is 9.31. The number of alkyl halides is 3. The zero-order valence-corrected chi connectivity index (χ0v) is 21.0. The number of amides is 3. The van der Waals surface area contributed by atoms with Crippen LogP contribution in [0, 0.1) is 0 Å². The lowest BCUT2D eigenvalue weighted by atomic mass is 9.97. The van der Waals surface area contributed by atoms with Crippen LogP contribution in [0.2, 0.25) is 0 Å². The number of nitrogens with zero attached hydrogens (tertiary/aromatic N) is 1. The molecule has 37 heavy (non-hydrogen) atoms. The highest BCUT2D eigenvalue weighted by Gasteiger charge is 2.32. The maximum Gasteiger partial charge on any atom is 0.416 e. The lowest BCUT2D eigenvalue weighted by Gasteiger charge is -2.31. The molecule has 1 aliphatic carbocycles. The number of rotatable bonds is 6. The molecule has 2 aliphatic rings. The van der Waals surface area contributed by atoms with Gasteiger partial charge >= 0.3 is 12.2 Å². The summed E-state index contributed by atoms with van der Waals surface area (Å²) in [6, 6.07) is 5.01. The SMILES string of the molecule is CCCNC(=O)Nc1cc2c(c3c1CCC3)NC(C)NC2=NCc1cc(NC(C)=O)cc(C(F)(F)F)c1. The zero-order valence-electron chi connectivity index (χ0n) is 21.0. The topological polar surface area (TPSA) is 107 Å². The number of carbonyl (C=O) groups is 2. The van der Waals surface area contributed by atoms with Gasteiger partial charge in [0.05, 0.1) is 24.0 Å². The van der Waals surface area contributed by atoms with E-state index in [-0.39, 0.29) is 24.4 Å². The van der Waals surface area contributed by atoms with Crippen molar-refractivity contribution < 1.29 is 22.8 Å². The predicted octanol–water partition coefficient (Wildman–Crippen LogP) is 4.99. The molecule has 1 atom stereocenters. The largest absolute Gasteiger partial charge is 0.416 e. The first kappa shape index (κ1) is 26.3. The molecular weight excluding hydrogens is 485 g/mol. The van der Waals surface area contributed by atoms with Gasteiger partial charge < -0.3 is 26.6 Å². The molecule has 1 aliphatic heterocycles. The van der Waals surface area contributed by atoms with Crippen molar-refractivity contribution in [1.29, 1.82) is 0 Å². The molecule has 0 spiro atoms. The van der Waals surface area contributed by atoms with Crippen molar-refractivity contribution in [3.8, 4) is 0 Å². The Hall–Kier alpha value is -3.76. The third-order valence-corrected chi connectivity index (χ3v) is 6.22. The normalized spacial score (nSPS) is 17.4. The first-order valence-electron chi connectivity index (χ1n) is 12.4. The minimum absolute atomic E-state index is 0.0399. The summed E-state index contributed by atoms with van der Waals surface area (Å²) in [7, 11) is 0. The van der Waals surface area contributed by atoms with E-state index in [0.29, 0.717) is 23.6 Å². The second kappa shape index (κ2) is 10.7. The molecule has 3 amide bonds. The van der Waals surface area contributed by atoms with Crippen LogP contribution in [0.15, 0.2) is 29.3 Å². The molecule has 0 bridgehead atoms. The Labute approximate surface area is 213 Å². The van der Waals surface area contributed by atoms with Crippen LogP contribution >= 0.6 is 0 Å². The Kier molecular flexibility index (Phi) is 7.60. The summed E-state index contributed by atoms with van der Waals surface area (Å²) < 4.78 is 40.4. The van der Waals surface area contributed by atoms with E-state index in [2.05, 4.69) is 31.6 Å². The highest BCUT2D eigenvalue weighted by Crippen LogP contribution is 2.39. The number of nitrogens with one attached hydrogen (secondary N) is 5. The van der Waals surface area contributed by atoms with Crippen molar-refractivity contribution in [3.63, 3.8) is 0 Å². The maximum atomic E-state index is 13.5. The highest BCUT2D eigenvalue weighted by atomic mass is 19.4. The molecule has 198 valence electrons. The number of aliphatic imine (C=N–C) groups is 1. The lowest BCUT2D eigenvalue weighted by molar-refractivity contribution is -0.137. The number of hydrogen-bond donors (Lipinski definition) is 5. The van der Waals surface area contributed by atoms with Crippen LogP contribution < -0.4 is 26.6 Å². The summed E-state index contributed by atoms with van der Waals surface area (Å²) >= 11 is 0. The van der Waals surface area contributed by atoms with E-state index >= 15 is 0 Å². The molecule has 2 aromatic carbocycles. The third-order valence-electron chi connectivity index (χ3n) is 6.22. The summed E-state index contributed by atoms with van der Waals surface area (Å²) in [4.78, 5) is 28.5. The minimum Gasteiger partial charge on any atom is -0.365 e. The molecule has 8 nitrogen and oxygen atoms in total. The molecule has 0 saturated carbocycles. The van der Waals surface area contributed by atoms with Gasteiger partial charge in [-0.15, -0.1) is 0 Å². The molecule has 5 N–H and O–H groups in total.